The number of benzene rings is 2. The Morgan fingerprint density at radius 2 is 1.52 bits per heavy atom. The predicted octanol–water partition coefficient (Wildman–Crippen LogP) is 3.49. The van der Waals surface area contributed by atoms with Gasteiger partial charge in [-0.05, 0) is 29.8 Å². The second-order valence-corrected chi connectivity index (χ2v) is 4.90. The molecule has 0 fully saturated rings. The van der Waals surface area contributed by atoms with Crippen LogP contribution in [0.25, 0.3) is 22.1 Å². The zero-order valence-electron chi connectivity index (χ0n) is 13.1. The Bertz CT molecular complexity index is 886. The molecule has 0 atom stereocenters. The van der Waals surface area contributed by atoms with Crippen molar-refractivity contribution in [2.45, 2.75) is 0 Å². The molecule has 0 saturated heterocycles. The first-order chi connectivity index (χ1) is 11.2. The van der Waals surface area contributed by atoms with Crippen LogP contribution < -0.4 is 19.8 Å². The zero-order valence-corrected chi connectivity index (χ0v) is 13.1. The minimum atomic E-state index is -0.419. The first-order valence-corrected chi connectivity index (χ1v) is 7.01. The van der Waals surface area contributed by atoms with Crippen molar-refractivity contribution in [3.05, 3.63) is 52.9 Å². The number of methoxy groups -OCH3 is 3. The van der Waals surface area contributed by atoms with E-state index in [0.717, 1.165) is 5.39 Å². The van der Waals surface area contributed by atoms with Crippen molar-refractivity contribution in [2.24, 2.45) is 0 Å². The summed E-state index contributed by atoms with van der Waals surface area (Å²) in [5, 5.41) is 0.843. The van der Waals surface area contributed by atoms with Crippen LogP contribution in [0.2, 0.25) is 0 Å². The molecule has 0 aliphatic heterocycles. The van der Waals surface area contributed by atoms with Gasteiger partial charge in [-0.3, -0.25) is 0 Å². The number of fused-ring (bicyclic) bond motifs is 1. The molecular weight excluding hydrogens is 296 g/mol. The van der Waals surface area contributed by atoms with Gasteiger partial charge in [0.2, 0.25) is 5.75 Å². The lowest BCUT2D eigenvalue weighted by Crippen LogP contribution is -2.04. The van der Waals surface area contributed by atoms with Gasteiger partial charge >= 0.3 is 5.63 Å². The quantitative estimate of drug-likeness (QED) is 0.690. The Morgan fingerprint density at radius 3 is 2.13 bits per heavy atom. The predicted molar refractivity (Wildman–Crippen MR) is 87.6 cm³/mol. The summed E-state index contributed by atoms with van der Waals surface area (Å²) in [6, 6.07) is 12.6. The van der Waals surface area contributed by atoms with Gasteiger partial charge < -0.3 is 18.6 Å². The van der Waals surface area contributed by atoms with Crippen molar-refractivity contribution >= 4 is 11.0 Å². The van der Waals surface area contributed by atoms with Crippen LogP contribution in [0, 0.1) is 0 Å². The standard InChI is InChI=1S/C18H16O5/c1-20-15-9-12(10-16(21-2)17(15)22-3)13-8-11-6-4-5-7-14(11)23-18(13)19/h4-10H,1-3H3. The Balaban J connectivity index is 2.26. The van der Waals surface area contributed by atoms with Crippen molar-refractivity contribution in [1.29, 1.82) is 0 Å². The van der Waals surface area contributed by atoms with E-state index in [0.29, 0.717) is 34.0 Å². The number of rotatable bonds is 4. The second-order valence-electron chi connectivity index (χ2n) is 4.90. The molecule has 0 N–H and O–H groups in total. The molecule has 118 valence electrons. The van der Waals surface area contributed by atoms with E-state index < -0.39 is 5.63 Å². The topological polar surface area (TPSA) is 57.9 Å². The minimum Gasteiger partial charge on any atom is -0.493 e. The summed E-state index contributed by atoms with van der Waals surface area (Å²) in [5.41, 5.74) is 1.20. The monoisotopic (exact) mass is 312 g/mol. The van der Waals surface area contributed by atoms with E-state index in [9.17, 15) is 4.79 Å². The van der Waals surface area contributed by atoms with Gasteiger partial charge in [-0.25, -0.2) is 4.79 Å². The van der Waals surface area contributed by atoms with E-state index >= 15 is 0 Å². The molecular formula is C18H16O5. The zero-order chi connectivity index (χ0) is 16.4. The van der Waals surface area contributed by atoms with Crippen LogP contribution in [0.1, 0.15) is 0 Å². The van der Waals surface area contributed by atoms with E-state index in [2.05, 4.69) is 0 Å². The second kappa shape index (κ2) is 6.04. The van der Waals surface area contributed by atoms with Gasteiger partial charge in [0.15, 0.2) is 11.5 Å². The van der Waals surface area contributed by atoms with Crippen molar-refractivity contribution < 1.29 is 18.6 Å². The van der Waals surface area contributed by atoms with Crippen molar-refractivity contribution in [1.82, 2.24) is 0 Å². The summed E-state index contributed by atoms with van der Waals surface area (Å²) in [4.78, 5) is 12.3. The van der Waals surface area contributed by atoms with Crippen LogP contribution >= 0.6 is 0 Å². The third kappa shape index (κ3) is 2.61. The summed E-state index contributed by atoms with van der Waals surface area (Å²) in [6.07, 6.45) is 0. The lowest BCUT2D eigenvalue weighted by atomic mass is 10.0. The molecule has 2 aromatic carbocycles. The highest BCUT2D eigenvalue weighted by Gasteiger charge is 2.16. The third-order valence-electron chi connectivity index (χ3n) is 3.62. The summed E-state index contributed by atoms with van der Waals surface area (Å²) < 4.78 is 21.3. The van der Waals surface area contributed by atoms with Gasteiger partial charge in [-0.15, -0.1) is 0 Å². The van der Waals surface area contributed by atoms with Gasteiger partial charge in [0, 0.05) is 5.39 Å². The molecule has 0 saturated carbocycles. The van der Waals surface area contributed by atoms with Gasteiger partial charge in [-0.1, -0.05) is 18.2 Å². The molecule has 1 aromatic heterocycles. The Hall–Kier alpha value is -2.95. The van der Waals surface area contributed by atoms with E-state index in [1.165, 1.54) is 21.3 Å². The maximum atomic E-state index is 12.3. The van der Waals surface area contributed by atoms with Crippen LogP contribution in [-0.2, 0) is 0 Å². The summed E-state index contributed by atoms with van der Waals surface area (Å²) in [6.45, 7) is 0. The smallest absolute Gasteiger partial charge is 0.344 e. The molecule has 3 aromatic rings. The molecule has 5 heteroatoms. The molecule has 23 heavy (non-hydrogen) atoms. The largest absolute Gasteiger partial charge is 0.493 e. The highest BCUT2D eigenvalue weighted by atomic mass is 16.5. The highest BCUT2D eigenvalue weighted by Crippen LogP contribution is 2.40. The Labute approximate surface area is 133 Å². The molecule has 3 rings (SSSR count). The Kier molecular flexibility index (Phi) is 3.93. The fourth-order valence-electron chi connectivity index (χ4n) is 2.50. The fourth-order valence-corrected chi connectivity index (χ4v) is 2.50. The van der Waals surface area contributed by atoms with Gasteiger partial charge in [0.25, 0.3) is 0 Å². The molecule has 0 bridgehead atoms. The molecule has 0 radical (unpaired) electrons. The first-order valence-electron chi connectivity index (χ1n) is 7.01. The molecule has 0 amide bonds. The summed E-state index contributed by atoms with van der Waals surface area (Å²) in [7, 11) is 4.60. The molecule has 1 heterocycles. The third-order valence-corrected chi connectivity index (χ3v) is 3.62. The number of para-hydroxylation sites is 1. The lowest BCUT2D eigenvalue weighted by Gasteiger charge is -2.14. The molecule has 0 aliphatic carbocycles. The SMILES string of the molecule is COc1cc(-c2cc3ccccc3oc2=O)cc(OC)c1OC. The maximum Gasteiger partial charge on any atom is 0.344 e. The molecule has 0 spiro atoms. The van der Waals surface area contributed by atoms with Crippen LogP contribution in [0.5, 0.6) is 17.2 Å². The number of ether oxygens (including phenoxy) is 3. The van der Waals surface area contributed by atoms with E-state index in [4.69, 9.17) is 18.6 Å². The lowest BCUT2D eigenvalue weighted by molar-refractivity contribution is 0.324. The first kappa shape index (κ1) is 15.0. The molecule has 0 aliphatic rings. The summed E-state index contributed by atoms with van der Waals surface area (Å²) in [5.74, 6) is 1.44. The van der Waals surface area contributed by atoms with Crippen LogP contribution in [0.3, 0.4) is 0 Å². The normalized spacial score (nSPS) is 10.6. The Morgan fingerprint density at radius 1 is 0.870 bits per heavy atom. The van der Waals surface area contributed by atoms with E-state index in [1.807, 2.05) is 18.2 Å². The van der Waals surface area contributed by atoms with Gasteiger partial charge in [0.05, 0.1) is 26.9 Å². The van der Waals surface area contributed by atoms with E-state index in [1.54, 1.807) is 24.3 Å². The van der Waals surface area contributed by atoms with Crippen molar-refractivity contribution in [3.63, 3.8) is 0 Å². The average molecular weight is 312 g/mol. The van der Waals surface area contributed by atoms with E-state index in [-0.39, 0.29) is 0 Å². The van der Waals surface area contributed by atoms with Crippen LogP contribution in [0.4, 0.5) is 0 Å². The number of hydrogen-bond acceptors (Lipinski definition) is 5. The average Bonchev–Trinajstić information content (AvgIpc) is 2.59. The minimum absolute atomic E-state index is 0.419. The summed E-state index contributed by atoms with van der Waals surface area (Å²) >= 11 is 0. The van der Waals surface area contributed by atoms with Gasteiger partial charge in [-0.2, -0.15) is 0 Å². The van der Waals surface area contributed by atoms with Crippen LogP contribution in [0.15, 0.2) is 51.7 Å². The van der Waals surface area contributed by atoms with Crippen LogP contribution in [-0.4, -0.2) is 21.3 Å². The molecule has 5 nitrogen and oxygen atoms in total. The highest BCUT2D eigenvalue weighted by molar-refractivity contribution is 5.82. The van der Waals surface area contributed by atoms with Crippen molar-refractivity contribution in [3.8, 4) is 28.4 Å². The molecule has 0 unspecified atom stereocenters. The number of hydrogen-bond donors (Lipinski definition) is 0. The fraction of sp³-hybridized carbons (Fsp3) is 0.167. The van der Waals surface area contributed by atoms with Crippen molar-refractivity contribution in [2.75, 3.05) is 21.3 Å². The maximum absolute atomic E-state index is 12.3. The van der Waals surface area contributed by atoms with Gasteiger partial charge in [0.1, 0.15) is 5.58 Å².